The number of carboxylic acid groups (broad SMARTS) is 1. The number of carbonyl (C=O) groups is 1. The normalized spacial score (nSPS) is 48.4. The van der Waals surface area contributed by atoms with Gasteiger partial charge in [0, 0.05) is 19.3 Å². The summed E-state index contributed by atoms with van der Waals surface area (Å²) in [6, 6.07) is 0. The number of hydrogen-bond acceptors (Lipinski definition) is 1. The van der Waals surface area contributed by atoms with E-state index in [1.54, 1.807) is 0 Å². The molecule has 0 spiro atoms. The molecule has 4 rings (SSSR count). The first-order chi connectivity index (χ1) is 12.7. The lowest BCUT2D eigenvalue weighted by atomic mass is 9.44. The highest BCUT2D eigenvalue weighted by atomic mass is 19.3. The lowest BCUT2D eigenvalue weighted by Crippen LogP contribution is -2.55. The second-order valence-corrected chi connectivity index (χ2v) is 10.8. The number of hydrogen-bond donors (Lipinski definition) is 1. The molecule has 27 heavy (non-hydrogen) atoms. The molecule has 0 aromatic heterocycles. The van der Waals surface area contributed by atoms with Gasteiger partial charge in [-0.1, -0.05) is 13.8 Å². The topological polar surface area (TPSA) is 37.3 Å². The van der Waals surface area contributed by atoms with Gasteiger partial charge in [0.05, 0.1) is 0 Å². The highest BCUT2D eigenvalue weighted by Crippen LogP contribution is 2.68. The molecule has 2 nitrogen and oxygen atoms in total. The Balaban J connectivity index is 1.51. The van der Waals surface area contributed by atoms with Crippen molar-refractivity contribution in [3.63, 3.8) is 0 Å². The van der Waals surface area contributed by atoms with Crippen molar-refractivity contribution in [1.82, 2.24) is 0 Å². The number of alkyl halides is 2. The molecule has 0 saturated heterocycles. The first-order valence-electron chi connectivity index (χ1n) is 11.3. The Morgan fingerprint density at radius 1 is 0.963 bits per heavy atom. The van der Waals surface area contributed by atoms with Gasteiger partial charge in [-0.2, -0.15) is 0 Å². The summed E-state index contributed by atoms with van der Waals surface area (Å²) >= 11 is 0. The molecule has 4 heteroatoms. The Morgan fingerprint density at radius 2 is 1.70 bits per heavy atom. The molecular weight excluding hydrogens is 346 g/mol. The van der Waals surface area contributed by atoms with Gasteiger partial charge in [0.2, 0.25) is 5.92 Å². The Hall–Kier alpha value is -0.670. The maximum Gasteiger partial charge on any atom is 0.303 e. The van der Waals surface area contributed by atoms with Crippen LogP contribution in [0.3, 0.4) is 0 Å². The molecule has 0 bridgehead atoms. The van der Waals surface area contributed by atoms with Crippen molar-refractivity contribution in [3.05, 3.63) is 0 Å². The molecule has 1 N–H and O–H groups in total. The van der Waals surface area contributed by atoms with Gasteiger partial charge in [-0.05, 0) is 98.2 Å². The first kappa shape index (κ1) is 19.6. The fourth-order valence-electron chi connectivity index (χ4n) is 8.40. The van der Waals surface area contributed by atoms with E-state index in [-0.39, 0.29) is 24.7 Å². The van der Waals surface area contributed by atoms with Gasteiger partial charge < -0.3 is 5.11 Å². The van der Waals surface area contributed by atoms with Crippen molar-refractivity contribution >= 4 is 5.97 Å². The van der Waals surface area contributed by atoms with Crippen LogP contribution in [0.2, 0.25) is 0 Å². The van der Waals surface area contributed by atoms with Crippen LogP contribution >= 0.6 is 0 Å². The highest BCUT2D eigenvalue weighted by molar-refractivity contribution is 5.66. The van der Waals surface area contributed by atoms with Gasteiger partial charge in [-0.15, -0.1) is 0 Å². The molecule has 0 heterocycles. The fraction of sp³-hybridized carbons (Fsp3) is 0.957. The van der Waals surface area contributed by atoms with E-state index in [1.807, 2.05) is 0 Å². The molecule has 154 valence electrons. The largest absolute Gasteiger partial charge is 0.481 e. The van der Waals surface area contributed by atoms with E-state index in [4.69, 9.17) is 5.11 Å². The number of carboxylic acids is 1. The molecule has 0 radical (unpaired) electrons. The number of aliphatic carboxylic acids is 1. The van der Waals surface area contributed by atoms with Crippen molar-refractivity contribution in [2.45, 2.75) is 96.8 Å². The minimum Gasteiger partial charge on any atom is -0.481 e. The van der Waals surface area contributed by atoms with Crippen molar-refractivity contribution in [1.29, 1.82) is 0 Å². The van der Waals surface area contributed by atoms with Crippen LogP contribution in [0.1, 0.15) is 90.9 Å². The zero-order chi connectivity index (χ0) is 19.4. The predicted molar refractivity (Wildman–Crippen MR) is 102 cm³/mol. The second kappa shape index (κ2) is 6.69. The van der Waals surface area contributed by atoms with Gasteiger partial charge in [0.25, 0.3) is 0 Å². The van der Waals surface area contributed by atoms with Crippen molar-refractivity contribution in [2.75, 3.05) is 0 Å². The minimum absolute atomic E-state index is 0.0947. The maximum absolute atomic E-state index is 14.3. The lowest BCUT2D eigenvalue weighted by molar-refractivity contribution is -0.172. The molecule has 0 aromatic rings. The predicted octanol–water partition coefficient (Wildman–Crippen LogP) is 6.54. The van der Waals surface area contributed by atoms with Crippen molar-refractivity contribution in [3.8, 4) is 0 Å². The summed E-state index contributed by atoms with van der Waals surface area (Å²) in [5.74, 6) is -0.288. The quantitative estimate of drug-likeness (QED) is 0.600. The van der Waals surface area contributed by atoms with Crippen LogP contribution in [-0.2, 0) is 4.79 Å². The van der Waals surface area contributed by atoms with Gasteiger partial charge in [0.1, 0.15) is 0 Å². The maximum atomic E-state index is 14.3. The van der Waals surface area contributed by atoms with Crippen LogP contribution in [0.5, 0.6) is 0 Å². The van der Waals surface area contributed by atoms with Gasteiger partial charge >= 0.3 is 5.97 Å². The number of halogens is 2. The van der Waals surface area contributed by atoms with E-state index in [1.165, 1.54) is 19.3 Å². The van der Waals surface area contributed by atoms with Crippen LogP contribution in [0.25, 0.3) is 0 Å². The molecule has 0 aliphatic heterocycles. The first-order valence-corrected chi connectivity index (χ1v) is 11.3. The highest BCUT2D eigenvalue weighted by Gasteiger charge is 2.62. The molecule has 7 atom stereocenters. The van der Waals surface area contributed by atoms with E-state index >= 15 is 0 Å². The lowest BCUT2D eigenvalue weighted by Gasteiger charge is -2.61. The molecule has 0 amide bonds. The summed E-state index contributed by atoms with van der Waals surface area (Å²) in [5, 5.41) is 8.96. The zero-order valence-electron chi connectivity index (χ0n) is 17.0. The van der Waals surface area contributed by atoms with Crippen molar-refractivity contribution in [2.24, 2.45) is 40.4 Å². The molecule has 4 saturated carbocycles. The summed E-state index contributed by atoms with van der Waals surface area (Å²) in [6.07, 6.45) is 10.1. The van der Waals surface area contributed by atoms with E-state index in [9.17, 15) is 13.6 Å². The van der Waals surface area contributed by atoms with E-state index < -0.39 is 11.9 Å². The van der Waals surface area contributed by atoms with Crippen molar-refractivity contribution < 1.29 is 18.7 Å². The van der Waals surface area contributed by atoms with E-state index in [2.05, 4.69) is 13.8 Å². The average molecular weight is 383 g/mol. The molecule has 4 aliphatic carbocycles. The summed E-state index contributed by atoms with van der Waals surface area (Å²) in [5.41, 5.74) is 0.132. The minimum atomic E-state index is -2.47. The van der Waals surface area contributed by atoms with Crippen LogP contribution in [-0.4, -0.2) is 17.0 Å². The van der Waals surface area contributed by atoms with Gasteiger partial charge in [-0.3, -0.25) is 4.79 Å². The fourth-order valence-corrected chi connectivity index (χ4v) is 8.40. The van der Waals surface area contributed by atoms with Crippen LogP contribution in [0, 0.1) is 40.4 Å². The summed E-state index contributed by atoms with van der Waals surface area (Å²) in [7, 11) is 0. The van der Waals surface area contributed by atoms with E-state index in [0.717, 1.165) is 32.1 Å². The standard InChI is InChI=1S/C23H36F2O2/c1-21-12-11-19-17(18(21)9-7-15(21)4-3-5-20(26)27)8-6-16-10-13-23(24,25)14-22(16,19)2/h15-19H,3-14H2,1-2H3,(H,26,27). The smallest absolute Gasteiger partial charge is 0.303 e. The SMILES string of the molecule is CC12CCC3C(CCC4CCC(F)(F)CC43C)C1CCC2CCCC(=O)O. The monoisotopic (exact) mass is 382 g/mol. The molecule has 0 aromatic carbocycles. The molecule has 7 unspecified atom stereocenters. The average Bonchev–Trinajstić information content (AvgIpc) is 2.90. The number of rotatable bonds is 4. The Kier molecular flexibility index (Phi) is 4.87. The second-order valence-electron chi connectivity index (χ2n) is 10.8. The third kappa shape index (κ3) is 3.23. The Morgan fingerprint density at radius 3 is 2.44 bits per heavy atom. The zero-order valence-corrected chi connectivity index (χ0v) is 17.0. The van der Waals surface area contributed by atoms with Crippen LogP contribution < -0.4 is 0 Å². The third-order valence-electron chi connectivity index (χ3n) is 9.70. The summed E-state index contributed by atoms with van der Waals surface area (Å²) < 4.78 is 28.7. The molecular formula is C23H36F2O2. The summed E-state index contributed by atoms with van der Waals surface area (Å²) in [4.78, 5) is 10.9. The number of fused-ring (bicyclic) bond motifs is 5. The summed E-state index contributed by atoms with van der Waals surface area (Å²) in [6.45, 7) is 4.64. The third-order valence-corrected chi connectivity index (χ3v) is 9.70. The van der Waals surface area contributed by atoms with Crippen LogP contribution in [0.15, 0.2) is 0 Å². The van der Waals surface area contributed by atoms with Gasteiger partial charge in [-0.25, -0.2) is 8.78 Å². The van der Waals surface area contributed by atoms with Gasteiger partial charge in [0.15, 0.2) is 0 Å². The molecule has 4 aliphatic rings. The van der Waals surface area contributed by atoms with E-state index in [0.29, 0.717) is 41.4 Å². The van der Waals surface area contributed by atoms with Crippen LogP contribution in [0.4, 0.5) is 8.78 Å². The Labute approximate surface area is 162 Å². The Bertz CT molecular complexity index is 591. The molecule has 4 fully saturated rings.